The lowest BCUT2D eigenvalue weighted by atomic mass is 10.2. The Balaban J connectivity index is 2.22. The highest BCUT2D eigenvalue weighted by Gasteiger charge is 2.31. The number of carbonyl (C=O) groups is 3. The van der Waals surface area contributed by atoms with Crippen LogP contribution in [-0.2, 0) is 19.2 Å². The lowest BCUT2D eigenvalue weighted by Gasteiger charge is -2.24. The Kier molecular flexibility index (Phi) is 6.46. The van der Waals surface area contributed by atoms with E-state index in [0.717, 1.165) is 11.3 Å². The highest BCUT2D eigenvalue weighted by molar-refractivity contribution is 8.00. The molecule has 0 saturated carbocycles. The quantitative estimate of drug-likeness (QED) is 0.327. The minimum absolute atomic E-state index is 0.167. The topological polar surface area (TPSA) is 156 Å². The smallest absolute Gasteiger partial charge is 0.354 e. The van der Waals surface area contributed by atoms with Gasteiger partial charge in [0.15, 0.2) is 10.8 Å². The zero-order valence-corrected chi connectivity index (χ0v) is 15.2. The van der Waals surface area contributed by atoms with Crippen molar-refractivity contribution in [2.45, 2.75) is 11.4 Å². The van der Waals surface area contributed by atoms with Gasteiger partial charge in [0.1, 0.15) is 36.2 Å². The van der Waals surface area contributed by atoms with Crippen LogP contribution >= 0.6 is 23.1 Å². The Labute approximate surface area is 156 Å². The first-order valence-electron chi connectivity index (χ1n) is 7.07. The molecule has 1 aliphatic rings. The van der Waals surface area contributed by atoms with Crippen molar-refractivity contribution in [3.05, 3.63) is 23.2 Å². The standard InChI is InChI=1S/C14H15N5O5S2/c1-6-4-25-12(18-9(6)13(22)23)7(3-20)16-11(21)10(19-24-2)8-5-26-14(15)17-8/h3,5,7,12H,1,4H2,2H3,(H2,15,17)(H,16,21)(H,22,23)/b19-10-/t7-,12+/m0/s1. The van der Waals surface area contributed by atoms with E-state index in [9.17, 15) is 14.4 Å². The van der Waals surface area contributed by atoms with E-state index >= 15 is 0 Å². The molecule has 0 spiro atoms. The molecule has 1 aromatic rings. The monoisotopic (exact) mass is 397 g/mol. The molecular weight excluding hydrogens is 382 g/mol. The highest BCUT2D eigenvalue weighted by Crippen LogP contribution is 2.25. The summed E-state index contributed by atoms with van der Waals surface area (Å²) in [5.74, 6) is -1.69. The maximum Gasteiger partial charge on any atom is 0.354 e. The Morgan fingerprint density at radius 2 is 2.35 bits per heavy atom. The molecule has 138 valence electrons. The van der Waals surface area contributed by atoms with Crippen molar-refractivity contribution in [3.63, 3.8) is 0 Å². The minimum atomic E-state index is -1.24. The average molecular weight is 397 g/mol. The molecule has 0 saturated heterocycles. The number of nitrogens with one attached hydrogen (secondary N) is 1. The van der Waals surface area contributed by atoms with Gasteiger partial charge < -0.3 is 25.8 Å². The molecule has 1 aromatic heterocycles. The largest absolute Gasteiger partial charge is 0.477 e. The second-order valence-corrected chi connectivity index (χ2v) is 6.91. The number of nitrogens with zero attached hydrogens (tertiary/aromatic N) is 3. The maximum atomic E-state index is 12.5. The number of nitrogens with two attached hydrogens (primary N) is 1. The number of rotatable bonds is 7. The van der Waals surface area contributed by atoms with Gasteiger partial charge in [0.2, 0.25) is 0 Å². The summed E-state index contributed by atoms with van der Waals surface area (Å²) in [7, 11) is 1.26. The number of nitrogen functional groups attached to an aromatic ring is 1. The van der Waals surface area contributed by atoms with Crippen LogP contribution in [0.2, 0.25) is 0 Å². The second kappa shape index (κ2) is 8.58. The van der Waals surface area contributed by atoms with Crippen LogP contribution in [0.1, 0.15) is 5.69 Å². The van der Waals surface area contributed by atoms with Gasteiger partial charge in [-0.1, -0.05) is 11.7 Å². The number of thiazole rings is 1. The van der Waals surface area contributed by atoms with Gasteiger partial charge in [-0.2, -0.15) is 0 Å². The number of aromatic nitrogens is 1. The van der Waals surface area contributed by atoms with Gasteiger partial charge in [0.05, 0.1) is 0 Å². The van der Waals surface area contributed by atoms with Crippen molar-refractivity contribution in [2.75, 3.05) is 18.6 Å². The van der Waals surface area contributed by atoms with E-state index in [4.69, 9.17) is 10.8 Å². The van der Waals surface area contributed by atoms with Gasteiger partial charge in [0.25, 0.3) is 5.91 Å². The zero-order valence-electron chi connectivity index (χ0n) is 13.5. The number of amides is 1. The highest BCUT2D eigenvalue weighted by atomic mass is 32.2. The van der Waals surface area contributed by atoms with E-state index in [-0.39, 0.29) is 28.0 Å². The van der Waals surface area contributed by atoms with Crippen LogP contribution in [0.15, 0.2) is 27.7 Å². The first-order chi connectivity index (χ1) is 12.4. The van der Waals surface area contributed by atoms with E-state index < -0.39 is 23.3 Å². The molecule has 0 aliphatic carbocycles. The third kappa shape index (κ3) is 4.46. The molecule has 1 aliphatic heterocycles. The predicted molar refractivity (Wildman–Crippen MR) is 98.5 cm³/mol. The number of aldehydes is 1. The summed E-state index contributed by atoms with van der Waals surface area (Å²) in [6.45, 7) is 3.63. The number of carboxylic acids is 1. The molecule has 0 aromatic carbocycles. The van der Waals surface area contributed by atoms with Gasteiger partial charge in [0, 0.05) is 11.1 Å². The molecule has 0 unspecified atom stereocenters. The molecular formula is C14H15N5O5S2. The molecule has 12 heteroatoms. The van der Waals surface area contributed by atoms with Crippen LogP contribution in [-0.4, -0.2) is 64.0 Å². The Hall–Kier alpha value is -2.73. The number of oxime groups is 1. The molecule has 0 bridgehead atoms. The summed E-state index contributed by atoms with van der Waals surface area (Å²) in [4.78, 5) is 47.7. The van der Waals surface area contributed by atoms with Gasteiger partial charge >= 0.3 is 5.97 Å². The first kappa shape index (κ1) is 19.6. The zero-order chi connectivity index (χ0) is 19.3. The normalized spacial score (nSPS) is 18.7. The molecule has 0 fully saturated rings. The number of carboxylic acid groups (broad SMARTS) is 1. The average Bonchev–Trinajstić information content (AvgIpc) is 3.03. The summed E-state index contributed by atoms with van der Waals surface area (Å²) >= 11 is 2.30. The maximum absolute atomic E-state index is 12.5. The van der Waals surface area contributed by atoms with Crippen LogP contribution in [0, 0.1) is 0 Å². The molecule has 1 amide bonds. The Morgan fingerprint density at radius 1 is 1.62 bits per heavy atom. The van der Waals surface area contributed by atoms with Gasteiger partial charge in [-0.15, -0.1) is 23.1 Å². The number of aliphatic imine (C=N–C) groups is 1. The molecule has 0 radical (unpaired) electrons. The lowest BCUT2D eigenvalue weighted by Crippen LogP contribution is -2.47. The fourth-order valence-corrected chi connectivity index (χ4v) is 3.56. The Morgan fingerprint density at radius 3 is 2.88 bits per heavy atom. The SMILES string of the molecule is C=C1CS[C@H]([C@H](C=O)NC(=O)/C(=N\OC)c2csc(N)n2)N=C1C(=O)O. The summed E-state index contributed by atoms with van der Waals surface area (Å²) < 4.78 is 0. The molecule has 4 N–H and O–H groups in total. The number of thioether (sulfide) groups is 1. The summed E-state index contributed by atoms with van der Waals surface area (Å²) in [5.41, 5.74) is 5.70. The molecule has 26 heavy (non-hydrogen) atoms. The summed E-state index contributed by atoms with van der Waals surface area (Å²) in [5, 5.41) is 16.2. The Bertz CT molecular complexity index is 803. The fourth-order valence-electron chi connectivity index (χ4n) is 1.98. The number of hydrogen-bond acceptors (Lipinski definition) is 10. The molecule has 10 nitrogen and oxygen atoms in total. The van der Waals surface area contributed by atoms with Crippen molar-refractivity contribution < 1.29 is 24.3 Å². The number of aliphatic carboxylic acids is 1. The minimum Gasteiger partial charge on any atom is -0.477 e. The van der Waals surface area contributed by atoms with Crippen molar-refractivity contribution in [3.8, 4) is 0 Å². The van der Waals surface area contributed by atoms with E-state index in [1.807, 2.05) is 0 Å². The number of carbonyl (C=O) groups excluding carboxylic acids is 2. The molecule has 2 atom stereocenters. The molecule has 2 heterocycles. The predicted octanol–water partition coefficient (Wildman–Crippen LogP) is -0.0858. The van der Waals surface area contributed by atoms with Crippen LogP contribution in [0.25, 0.3) is 0 Å². The third-order valence-corrected chi connectivity index (χ3v) is 5.07. The number of anilines is 1. The van der Waals surface area contributed by atoms with E-state index in [1.54, 1.807) is 0 Å². The van der Waals surface area contributed by atoms with E-state index in [2.05, 4.69) is 31.9 Å². The summed E-state index contributed by atoms with van der Waals surface area (Å²) in [6.07, 6.45) is 0.479. The van der Waals surface area contributed by atoms with Crippen LogP contribution < -0.4 is 11.1 Å². The fraction of sp³-hybridized carbons (Fsp3) is 0.286. The van der Waals surface area contributed by atoms with E-state index in [0.29, 0.717) is 11.9 Å². The van der Waals surface area contributed by atoms with Gasteiger partial charge in [-0.25, -0.2) is 9.78 Å². The molecule has 2 rings (SSSR count). The van der Waals surface area contributed by atoms with Crippen molar-refractivity contribution in [1.82, 2.24) is 10.3 Å². The van der Waals surface area contributed by atoms with Crippen molar-refractivity contribution in [1.29, 1.82) is 0 Å². The van der Waals surface area contributed by atoms with E-state index in [1.165, 1.54) is 24.3 Å². The van der Waals surface area contributed by atoms with Gasteiger partial charge in [-0.05, 0) is 5.57 Å². The third-order valence-electron chi connectivity index (χ3n) is 3.14. The van der Waals surface area contributed by atoms with Crippen LogP contribution in [0.3, 0.4) is 0 Å². The van der Waals surface area contributed by atoms with Crippen molar-refractivity contribution in [2.24, 2.45) is 10.1 Å². The first-order valence-corrected chi connectivity index (χ1v) is 8.99. The second-order valence-electron chi connectivity index (χ2n) is 4.92. The van der Waals surface area contributed by atoms with Crippen LogP contribution in [0.4, 0.5) is 5.13 Å². The van der Waals surface area contributed by atoms with Gasteiger partial charge in [-0.3, -0.25) is 9.79 Å². The van der Waals surface area contributed by atoms with Crippen molar-refractivity contribution >= 4 is 57.8 Å². The summed E-state index contributed by atoms with van der Waals surface area (Å²) in [6, 6.07) is -1.08. The lowest BCUT2D eigenvalue weighted by molar-refractivity contribution is -0.129. The van der Waals surface area contributed by atoms with Crippen LogP contribution in [0.5, 0.6) is 0 Å². The number of hydrogen-bond donors (Lipinski definition) is 3.